The molecule has 0 aromatic heterocycles. The third kappa shape index (κ3) is 5.13. The molecule has 0 atom stereocenters. The van der Waals surface area contributed by atoms with Gasteiger partial charge >= 0.3 is 0 Å². The van der Waals surface area contributed by atoms with Crippen molar-refractivity contribution in [3.05, 3.63) is 112 Å². The van der Waals surface area contributed by atoms with Gasteiger partial charge in [-0.3, -0.25) is 4.90 Å². The van der Waals surface area contributed by atoms with E-state index < -0.39 is 0 Å². The van der Waals surface area contributed by atoms with Gasteiger partial charge in [-0.25, -0.2) is 0 Å². The highest BCUT2D eigenvalue weighted by Gasteiger charge is 2.12. The van der Waals surface area contributed by atoms with Gasteiger partial charge in [0, 0.05) is 24.7 Å². The Morgan fingerprint density at radius 2 is 1.39 bits per heavy atom. The van der Waals surface area contributed by atoms with E-state index in [0.29, 0.717) is 0 Å². The zero-order chi connectivity index (χ0) is 19.2. The van der Waals surface area contributed by atoms with E-state index in [1.807, 2.05) is 12.1 Å². The Morgan fingerprint density at radius 1 is 0.750 bits per heavy atom. The topological polar surface area (TPSA) is 3.24 Å². The molecule has 142 valence electrons. The van der Waals surface area contributed by atoms with Gasteiger partial charge in [0.2, 0.25) is 0 Å². The smallest absolute Gasteiger partial charge is 0.0406 e. The number of hydrogen-bond acceptors (Lipinski definition) is 1. The largest absolute Gasteiger partial charge is 0.299 e. The van der Waals surface area contributed by atoms with Gasteiger partial charge in [0.25, 0.3) is 0 Å². The zero-order valence-electron chi connectivity index (χ0n) is 16.2. The summed E-state index contributed by atoms with van der Waals surface area (Å²) in [5, 5.41) is 0.794. The molecule has 1 heterocycles. The third-order valence-electron chi connectivity index (χ3n) is 5.50. The molecule has 0 fully saturated rings. The Labute approximate surface area is 173 Å². The van der Waals surface area contributed by atoms with Gasteiger partial charge in [0.05, 0.1) is 0 Å². The van der Waals surface area contributed by atoms with E-state index in [1.54, 1.807) is 0 Å². The molecule has 3 aromatic carbocycles. The molecule has 0 radical (unpaired) electrons. The Balaban J connectivity index is 1.27. The van der Waals surface area contributed by atoms with Crippen LogP contribution in [0.15, 0.2) is 84.9 Å². The molecule has 0 N–H and O–H groups in total. The molecule has 0 amide bonds. The lowest BCUT2D eigenvalue weighted by Gasteiger charge is -2.26. The molecule has 0 unspecified atom stereocenters. The molecule has 1 nitrogen and oxygen atoms in total. The Kier molecular flexibility index (Phi) is 6.26. The third-order valence-corrected chi connectivity index (χ3v) is 5.75. The molecule has 3 aromatic rings. The van der Waals surface area contributed by atoms with Crippen LogP contribution < -0.4 is 0 Å². The first-order valence-electron chi connectivity index (χ1n) is 10.1. The first-order chi connectivity index (χ1) is 13.8. The molecule has 2 heteroatoms. The van der Waals surface area contributed by atoms with Crippen LogP contribution in [0, 0.1) is 0 Å². The van der Waals surface area contributed by atoms with E-state index in [2.05, 4.69) is 77.7 Å². The van der Waals surface area contributed by atoms with Crippen LogP contribution in [0.5, 0.6) is 0 Å². The maximum atomic E-state index is 5.97. The van der Waals surface area contributed by atoms with E-state index in [1.165, 1.54) is 27.8 Å². The highest BCUT2D eigenvalue weighted by molar-refractivity contribution is 6.30. The second-order valence-corrected chi connectivity index (χ2v) is 7.95. The maximum absolute atomic E-state index is 5.97. The minimum Gasteiger partial charge on any atom is -0.299 e. The molecule has 0 saturated carbocycles. The number of hydrogen-bond donors (Lipinski definition) is 0. The summed E-state index contributed by atoms with van der Waals surface area (Å²) in [6.07, 6.45) is 5.60. The fourth-order valence-electron chi connectivity index (χ4n) is 3.78. The molecule has 0 bridgehead atoms. The Bertz CT molecular complexity index is 911. The van der Waals surface area contributed by atoms with E-state index in [-0.39, 0.29) is 0 Å². The van der Waals surface area contributed by atoms with E-state index >= 15 is 0 Å². The highest BCUT2D eigenvalue weighted by Crippen LogP contribution is 2.22. The summed E-state index contributed by atoms with van der Waals surface area (Å²) in [6, 6.07) is 28.0. The van der Waals surface area contributed by atoms with E-state index in [9.17, 15) is 0 Å². The molecule has 4 rings (SSSR count). The van der Waals surface area contributed by atoms with Crippen molar-refractivity contribution in [3.8, 4) is 0 Å². The van der Waals surface area contributed by atoms with Gasteiger partial charge in [-0.15, -0.1) is 0 Å². The number of rotatable bonds is 6. The molecule has 1 aliphatic rings. The fourth-order valence-corrected chi connectivity index (χ4v) is 3.90. The molecule has 0 spiro atoms. The molecule has 28 heavy (non-hydrogen) atoms. The van der Waals surface area contributed by atoms with Crippen molar-refractivity contribution in [3.63, 3.8) is 0 Å². The maximum Gasteiger partial charge on any atom is 0.0406 e. The van der Waals surface area contributed by atoms with Crippen LogP contribution in [0.3, 0.4) is 0 Å². The summed E-state index contributed by atoms with van der Waals surface area (Å²) < 4.78 is 0. The molecular weight excluding hydrogens is 362 g/mol. The predicted molar refractivity (Wildman–Crippen MR) is 120 cm³/mol. The van der Waals surface area contributed by atoms with Crippen molar-refractivity contribution >= 4 is 17.2 Å². The minimum absolute atomic E-state index is 0.794. The Hall–Kier alpha value is -2.35. The van der Waals surface area contributed by atoms with Gasteiger partial charge in [0.1, 0.15) is 0 Å². The summed E-state index contributed by atoms with van der Waals surface area (Å²) in [5.41, 5.74) is 6.92. The predicted octanol–water partition coefficient (Wildman–Crippen LogP) is 6.26. The monoisotopic (exact) mass is 387 g/mol. The van der Waals surface area contributed by atoms with Gasteiger partial charge in [-0.2, -0.15) is 0 Å². The molecular formula is C26H26ClN. The van der Waals surface area contributed by atoms with E-state index in [4.69, 9.17) is 11.6 Å². The number of nitrogens with zero attached hydrogens (tertiary/aromatic N) is 1. The first-order valence-corrected chi connectivity index (χ1v) is 10.4. The van der Waals surface area contributed by atoms with Gasteiger partial charge < -0.3 is 0 Å². The SMILES string of the molecule is Clc1ccc(Cc2ccc(CCN3CC=C(c4ccccc4)CC3)cc2)cc1. The highest BCUT2D eigenvalue weighted by atomic mass is 35.5. The molecule has 0 saturated heterocycles. The van der Waals surface area contributed by atoms with Crippen LogP contribution in [0.2, 0.25) is 5.02 Å². The van der Waals surface area contributed by atoms with Gasteiger partial charge in [0.15, 0.2) is 0 Å². The summed E-state index contributed by atoms with van der Waals surface area (Å²) in [6.45, 7) is 3.32. The second-order valence-electron chi connectivity index (χ2n) is 7.52. The average Bonchev–Trinajstić information content (AvgIpc) is 2.76. The van der Waals surface area contributed by atoms with Gasteiger partial charge in [-0.1, -0.05) is 84.4 Å². The Morgan fingerprint density at radius 3 is 2.04 bits per heavy atom. The summed E-state index contributed by atoms with van der Waals surface area (Å²) in [4.78, 5) is 2.55. The lowest BCUT2D eigenvalue weighted by Crippen LogP contribution is -2.30. The van der Waals surface area contributed by atoms with E-state index in [0.717, 1.165) is 43.9 Å². The van der Waals surface area contributed by atoms with Crippen LogP contribution in [0.4, 0.5) is 0 Å². The number of halogens is 1. The summed E-state index contributed by atoms with van der Waals surface area (Å²) in [5.74, 6) is 0. The van der Waals surface area contributed by atoms with Crippen LogP contribution in [-0.2, 0) is 12.8 Å². The summed E-state index contributed by atoms with van der Waals surface area (Å²) in [7, 11) is 0. The molecule has 1 aliphatic heterocycles. The molecule has 0 aliphatic carbocycles. The van der Waals surface area contributed by atoms with Crippen molar-refractivity contribution in [2.45, 2.75) is 19.3 Å². The normalized spacial score (nSPS) is 14.7. The van der Waals surface area contributed by atoms with Crippen LogP contribution in [0.25, 0.3) is 5.57 Å². The van der Waals surface area contributed by atoms with Crippen molar-refractivity contribution in [2.75, 3.05) is 19.6 Å². The minimum atomic E-state index is 0.794. The fraction of sp³-hybridized carbons (Fsp3) is 0.231. The second kappa shape index (κ2) is 9.23. The van der Waals surface area contributed by atoms with Crippen LogP contribution >= 0.6 is 11.6 Å². The number of benzene rings is 3. The lowest BCUT2D eigenvalue weighted by atomic mass is 9.99. The first kappa shape index (κ1) is 19.0. The summed E-state index contributed by atoms with van der Waals surface area (Å²) >= 11 is 5.97. The van der Waals surface area contributed by atoms with Crippen LogP contribution in [-0.4, -0.2) is 24.5 Å². The van der Waals surface area contributed by atoms with Crippen molar-refractivity contribution in [1.29, 1.82) is 0 Å². The van der Waals surface area contributed by atoms with Crippen LogP contribution in [0.1, 0.15) is 28.7 Å². The quantitative estimate of drug-likeness (QED) is 0.482. The standard InChI is InChI=1S/C26H26ClN/c27-26-12-10-23(11-13-26)20-22-8-6-21(7-9-22)14-17-28-18-15-25(16-19-28)24-4-2-1-3-5-24/h1-13,15H,14,16-20H2. The lowest BCUT2D eigenvalue weighted by molar-refractivity contribution is 0.306. The zero-order valence-corrected chi connectivity index (χ0v) is 16.9. The van der Waals surface area contributed by atoms with Crippen molar-refractivity contribution in [2.24, 2.45) is 0 Å². The average molecular weight is 388 g/mol. The van der Waals surface area contributed by atoms with Crippen molar-refractivity contribution in [1.82, 2.24) is 4.90 Å². The van der Waals surface area contributed by atoms with Gasteiger partial charge in [-0.05, 0) is 59.2 Å². The van der Waals surface area contributed by atoms with Crippen molar-refractivity contribution < 1.29 is 0 Å².